The summed E-state index contributed by atoms with van der Waals surface area (Å²) in [5, 5.41) is 0. The lowest BCUT2D eigenvalue weighted by Crippen LogP contribution is -2.30. The largest absolute Gasteiger partial charge is 0.462 e. The number of unbranched alkanes of at least 4 members (excludes halogenated alkanes) is 37. The molecule has 0 heterocycles. The summed E-state index contributed by atoms with van der Waals surface area (Å²) in [6, 6.07) is 0. The van der Waals surface area contributed by atoms with Gasteiger partial charge >= 0.3 is 17.9 Å². The Balaban J connectivity index is 4.26. The van der Waals surface area contributed by atoms with Crippen LogP contribution < -0.4 is 0 Å². The molecular weight excluding hydrogens is 793 g/mol. The van der Waals surface area contributed by atoms with Crippen LogP contribution in [0.4, 0.5) is 0 Å². The molecule has 6 nitrogen and oxygen atoms in total. The molecule has 376 valence electrons. The summed E-state index contributed by atoms with van der Waals surface area (Å²) in [4.78, 5) is 38.0. The van der Waals surface area contributed by atoms with E-state index in [9.17, 15) is 14.4 Å². The molecule has 1 unspecified atom stereocenters. The van der Waals surface area contributed by atoms with Gasteiger partial charge in [-0.05, 0) is 64.2 Å². The van der Waals surface area contributed by atoms with Crippen molar-refractivity contribution in [1.29, 1.82) is 0 Å². The van der Waals surface area contributed by atoms with Gasteiger partial charge in [0, 0.05) is 19.3 Å². The molecule has 1 atom stereocenters. The second kappa shape index (κ2) is 53.5. The molecule has 6 heteroatoms. The maximum Gasteiger partial charge on any atom is 0.306 e. The Bertz CT molecular complexity index is 1040. The molecular formula is C58H108O6. The van der Waals surface area contributed by atoms with Crippen LogP contribution in [0.1, 0.15) is 310 Å². The second-order valence-corrected chi connectivity index (χ2v) is 19.2. The predicted octanol–water partition coefficient (Wildman–Crippen LogP) is 18.7. The number of hydrogen-bond donors (Lipinski definition) is 0. The summed E-state index contributed by atoms with van der Waals surface area (Å²) in [6.45, 7) is 6.61. The van der Waals surface area contributed by atoms with Gasteiger partial charge in [-0.25, -0.2) is 0 Å². The van der Waals surface area contributed by atoms with Gasteiger partial charge in [0.05, 0.1) is 0 Å². The molecule has 0 aromatic carbocycles. The normalized spacial score (nSPS) is 12.1. The van der Waals surface area contributed by atoms with E-state index in [1.165, 1.54) is 199 Å². The smallest absolute Gasteiger partial charge is 0.306 e. The van der Waals surface area contributed by atoms with Crippen molar-refractivity contribution in [2.45, 2.75) is 316 Å². The fourth-order valence-corrected chi connectivity index (χ4v) is 8.38. The first-order chi connectivity index (χ1) is 31.5. The highest BCUT2D eigenvalue weighted by Crippen LogP contribution is 2.17. The van der Waals surface area contributed by atoms with Gasteiger partial charge in [0.2, 0.25) is 0 Å². The summed E-state index contributed by atoms with van der Waals surface area (Å²) in [7, 11) is 0. The summed E-state index contributed by atoms with van der Waals surface area (Å²) in [5.74, 6) is -0.870. The average Bonchev–Trinajstić information content (AvgIpc) is 3.29. The van der Waals surface area contributed by atoms with Gasteiger partial charge in [0.15, 0.2) is 6.10 Å². The van der Waals surface area contributed by atoms with E-state index in [1.807, 2.05) is 0 Å². The van der Waals surface area contributed by atoms with E-state index < -0.39 is 6.10 Å². The first-order valence-electron chi connectivity index (χ1n) is 28.3. The summed E-state index contributed by atoms with van der Waals surface area (Å²) in [5.41, 5.74) is 0. The third-order valence-corrected chi connectivity index (χ3v) is 12.7. The van der Waals surface area contributed by atoms with Crippen molar-refractivity contribution in [1.82, 2.24) is 0 Å². The van der Waals surface area contributed by atoms with Crippen molar-refractivity contribution in [3.8, 4) is 0 Å². The number of allylic oxidation sites excluding steroid dienone is 4. The van der Waals surface area contributed by atoms with Crippen LogP contribution in [0, 0.1) is 0 Å². The van der Waals surface area contributed by atoms with Crippen LogP contribution in [-0.4, -0.2) is 37.2 Å². The van der Waals surface area contributed by atoms with Gasteiger partial charge < -0.3 is 14.2 Å². The predicted molar refractivity (Wildman–Crippen MR) is 275 cm³/mol. The quantitative estimate of drug-likeness (QED) is 0.0262. The lowest BCUT2D eigenvalue weighted by Gasteiger charge is -2.18. The first kappa shape index (κ1) is 61.9. The topological polar surface area (TPSA) is 78.9 Å². The minimum Gasteiger partial charge on any atom is -0.462 e. The van der Waals surface area contributed by atoms with E-state index in [0.29, 0.717) is 19.3 Å². The molecule has 64 heavy (non-hydrogen) atoms. The Kier molecular flexibility index (Phi) is 51.7. The molecule has 0 aliphatic carbocycles. The Labute approximate surface area is 398 Å². The lowest BCUT2D eigenvalue weighted by atomic mass is 10.0. The Hall–Kier alpha value is -2.11. The maximum atomic E-state index is 12.8. The fraction of sp³-hybridized carbons (Fsp3) is 0.879. The number of hydrogen-bond acceptors (Lipinski definition) is 6. The highest BCUT2D eigenvalue weighted by molar-refractivity contribution is 5.71. The van der Waals surface area contributed by atoms with Crippen LogP contribution in [0.2, 0.25) is 0 Å². The van der Waals surface area contributed by atoms with E-state index in [2.05, 4.69) is 45.1 Å². The van der Waals surface area contributed by atoms with E-state index in [-0.39, 0.29) is 31.1 Å². The van der Waals surface area contributed by atoms with Crippen molar-refractivity contribution in [3.05, 3.63) is 24.3 Å². The third-order valence-electron chi connectivity index (χ3n) is 12.7. The SMILES string of the molecule is CCC/C=C\CCCCCCCC(=O)OCC(COC(=O)CCCCCCCCCCCCCCCCCCCCC)OC(=O)CCCCCCCCC/C=C\CCCCCCCC. The van der Waals surface area contributed by atoms with Gasteiger partial charge in [0.1, 0.15) is 13.2 Å². The Morgan fingerprint density at radius 2 is 0.547 bits per heavy atom. The highest BCUT2D eigenvalue weighted by Gasteiger charge is 2.19. The van der Waals surface area contributed by atoms with Crippen LogP contribution >= 0.6 is 0 Å². The number of esters is 3. The Morgan fingerprint density at radius 1 is 0.297 bits per heavy atom. The van der Waals surface area contributed by atoms with Crippen LogP contribution in [-0.2, 0) is 28.6 Å². The van der Waals surface area contributed by atoms with Crippen LogP contribution in [0.3, 0.4) is 0 Å². The lowest BCUT2D eigenvalue weighted by molar-refractivity contribution is -0.167. The average molecular weight is 901 g/mol. The standard InChI is InChI=1S/C58H108O6/c1-4-7-10-13-16-19-22-24-26-28-29-31-32-34-36-39-42-45-48-51-57(60)63-54-55(53-62-56(59)50-47-44-41-38-21-18-15-12-9-6-3)64-58(61)52-49-46-43-40-37-35-33-30-27-25-23-20-17-14-11-8-5-2/h12,15,25,27,55H,4-11,13-14,16-24,26,28-54H2,1-3H3/b15-12-,27-25-. The minimum atomic E-state index is -0.772. The number of carbonyl (C=O) groups excluding carboxylic acids is 3. The summed E-state index contributed by atoms with van der Waals surface area (Å²) in [6.07, 6.45) is 61.7. The van der Waals surface area contributed by atoms with Gasteiger partial charge in [-0.2, -0.15) is 0 Å². The molecule has 0 N–H and O–H groups in total. The van der Waals surface area contributed by atoms with Gasteiger partial charge in [-0.15, -0.1) is 0 Å². The molecule has 0 amide bonds. The van der Waals surface area contributed by atoms with Crippen LogP contribution in [0.15, 0.2) is 24.3 Å². The molecule has 0 aromatic heterocycles. The molecule has 0 fully saturated rings. The van der Waals surface area contributed by atoms with E-state index >= 15 is 0 Å². The second-order valence-electron chi connectivity index (χ2n) is 19.2. The maximum absolute atomic E-state index is 12.8. The summed E-state index contributed by atoms with van der Waals surface area (Å²) >= 11 is 0. The molecule has 0 saturated heterocycles. The third kappa shape index (κ3) is 50.9. The molecule has 0 aliphatic rings. The number of carbonyl (C=O) groups is 3. The van der Waals surface area contributed by atoms with Crippen LogP contribution in [0.25, 0.3) is 0 Å². The first-order valence-corrected chi connectivity index (χ1v) is 28.3. The number of ether oxygens (including phenoxy) is 3. The Morgan fingerprint density at radius 3 is 0.844 bits per heavy atom. The number of rotatable bonds is 52. The van der Waals surface area contributed by atoms with Crippen molar-refractivity contribution in [2.24, 2.45) is 0 Å². The fourth-order valence-electron chi connectivity index (χ4n) is 8.38. The van der Waals surface area contributed by atoms with Crippen molar-refractivity contribution >= 4 is 17.9 Å². The minimum absolute atomic E-state index is 0.0715. The van der Waals surface area contributed by atoms with Gasteiger partial charge in [-0.3, -0.25) is 14.4 Å². The van der Waals surface area contributed by atoms with Gasteiger partial charge in [-0.1, -0.05) is 251 Å². The van der Waals surface area contributed by atoms with Crippen molar-refractivity contribution in [3.63, 3.8) is 0 Å². The monoisotopic (exact) mass is 901 g/mol. The van der Waals surface area contributed by atoms with E-state index in [0.717, 1.165) is 70.6 Å². The molecule has 0 bridgehead atoms. The summed E-state index contributed by atoms with van der Waals surface area (Å²) < 4.78 is 16.8. The molecule has 0 radical (unpaired) electrons. The van der Waals surface area contributed by atoms with Crippen molar-refractivity contribution in [2.75, 3.05) is 13.2 Å². The molecule has 0 aromatic rings. The zero-order valence-corrected chi connectivity index (χ0v) is 43.1. The molecule has 0 spiro atoms. The molecule has 0 saturated carbocycles. The van der Waals surface area contributed by atoms with Gasteiger partial charge in [0.25, 0.3) is 0 Å². The molecule has 0 rings (SSSR count). The molecule has 0 aliphatic heterocycles. The zero-order valence-electron chi connectivity index (χ0n) is 43.1. The highest BCUT2D eigenvalue weighted by atomic mass is 16.6. The zero-order chi connectivity index (χ0) is 46.5. The van der Waals surface area contributed by atoms with Crippen LogP contribution in [0.5, 0.6) is 0 Å². The van der Waals surface area contributed by atoms with E-state index in [4.69, 9.17) is 14.2 Å². The van der Waals surface area contributed by atoms with Crippen molar-refractivity contribution < 1.29 is 28.6 Å². The van der Waals surface area contributed by atoms with E-state index in [1.54, 1.807) is 0 Å².